The predicted octanol–water partition coefficient (Wildman–Crippen LogP) is 2.66. The normalized spacial score (nSPS) is 20.4. The Kier molecular flexibility index (Phi) is 5.92. The second-order valence-electron chi connectivity index (χ2n) is 5.37. The molecule has 2 N–H and O–H groups in total. The molecule has 0 saturated carbocycles. The number of hydrogen-bond donors (Lipinski definition) is 2. The summed E-state index contributed by atoms with van der Waals surface area (Å²) in [5, 5.41) is 6.57. The Morgan fingerprint density at radius 1 is 1.45 bits per heavy atom. The van der Waals surface area contributed by atoms with Gasteiger partial charge in [-0.15, -0.1) is 0 Å². The van der Waals surface area contributed by atoms with Gasteiger partial charge in [-0.3, -0.25) is 4.79 Å². The highest BCUT2D eigenvalue weighted by Crippen LogP contribution is 2.18. The van der Waals surface area contributed by atoms with Gasteiger partial charge in [0.2, 0.25) is 5.91 Å². The third-order valence-electron chi connectivity index (χ3n) is 3.65. The molecule has 3 nitrogen and oxygen atoms in total. The lowest BCUT2D eigenvalue weighted by molar-refractivity contribution is -0.122. The van der Waals surface area contributed by atoms with Crippen molar-refractivity contribution < 1.29 is 4.79 Å². The van der Waals surface area contributed by atoms with Crippen molar-refractivity contribution in [2.75, 3.05) is 18.1 Å². The fraction of sp³-hybridized carbons (Fsp3) is 0.562. The molecule has 2 atom stereocenters. The summed E-state index contributed by atoms with van der Waals surface area (Å²) in [6.07, 6.45) is 1.50. The lowest BCUT2D eigenvalue weighted by atomic mass is 10.0. The largest absolute Gasteiger partial charge is 0.349 e. The van der Waals surface area contributed by atoms with Gasteiger partial charge in [0.15, 0.2) is 0 Å². The van der Waals surface area contributed by atoms with Gasteiger partial charge in [0.1, 0.15) is 0 Å². The first kappa shape index (κ1) is 15.4. The molecule has 20 heavy (non-hydrogen) atoms. The van der Waals surface area contributed by atoms with Crippen LogP contribution in [-0.2, 0) is 4.79 Å². The summed E-state index contributed by atoms with van der Waals surface area (Å²) >= 11 is 1.93. The molecule has 1 heterocycles. The summed E-state index contributed by atoms with van der Waals surface area (Å²) in [5.41, 5.74) is 2.44. The predicted molar refractivity (Wildman–Crippen MR) is 86.1 cm³/mol. The van der Waals surface area contributed by atoms with Gasteiger partial charge in [-0.1, -0.05) is 36.8 Å². The Balaban J connectivity index is 1.88. The van der Waals surface area contributed by atoms with E-state index < -0.39 is 0 Å². The van der Waals surface area contributed by atoms with E-state index >= 15 is 0 Å². The number of aryl methyl sites for hydroxylation is 1. The zero-order chi connectivity index (χ0) is 14.4. The molecule has 4 heteroatoms. The fourth-order valence-corrected chi connectivity index (χ4v) is 3.40. The number of nitrogens with one attached hydrogen (secondary N) is 2. The topological polar surface area (TPSA) is 41.1 Å². The van der Waals surface area contributed by atoms with E-state index in [1.807, 2.05) is 11.8 Å². The van der Waals surface area contributed by atoms with E-state index in [9.17, 15) is 4.79 Å². The first-order valence-corrected chi connectivity index (χ1v) is 8.51. The number of hydrogen-bond acceptors (Lipinski definition) is 3. The Hall–Kier alpha value is -1.00. The second kappa shape index (κ2) is 7.70. The number of amides is 1. The minimum Gasteiger partial charge on any atom is -0.349 e. The molecule has 1 fully saturated rings. The number of carbonyl (C=O) groups is 1. The lowest BCUT2D eigenvalue weighted by Gasteiger charge is -2.24. The van der Waals surface area contributed by atoms with Crippen molar-refractivity contribution in [1.82, 2.24) is 10.6 Å². The minimum atomic E-state index is 0.124. The molecule has 0 bridgehead atoms. The van der Waals surface area contributed by atoms with Crippen molar-refractivity contribution in [3.05, 3.63) is 35.4 Å². The van der Waals surface area contributed by atoms with Crippen LogP contribution < -0.4 is 10.6 Å². The van der Waals surface area contributed by atoms with Crippen LogP contribution in [0.5, 0.6) is 0 Å². The zero-order valence-corrected chi connectivity index (χ0v) is 13.1. The zero-order valence-electron chi connectivity index (χ0n) is 12.3. The third kappa shape index (κ3) is 4.53. The van der Waals surface area contributed by atoms with Gasteiger partial charge in [-0.2, -0.15) is 11.8 Å². The van der Waals surface area contributed by atoms with Crippen LogP contribution in [0.1, 0.15) is 36.9 Å². The Bertz CT molecular complexity index is 427. The van der Waals surface area contributed by atoms with Crippen molar-refractivity contribution >= 4 is 17.7 Å². The summed E-state index contributed by atoms with van der Waals surface area (Å²) in [6.45, 7) is 5.20. The minimum absolute atomic E-state index is 0.124. The van der Waals surface area contributed by atoms with Crippen LogP contribution in [0, 0.1) is 6.92 Å². The second-order valence-corrected chi connectivity index (χ2v) is 6.52. The first-order valence-electron chi connectivity index (χ1n) is 7.36. The van der Waals surface area contributed by atoms with E-state index in [0.717, 1.165) is 24.5 Å². The van der Waals surface area contributed by atoms with Crippen LogP contribution in [0.4, 0.5) is 0 Å². The van der Waals surface area contributed by atoms with Crippen LogP contribution in [0.2, 0.25) is 0 Å². The van der Waals surface area contributed by atoms with Gasteiger partial charge in [-0.25, -0.2) is 0 Å². The first-order chi connectivity index (χ1) is 9.69. The molecule has 2 rings (SSSR count). The molecule has 1 amide bonds. The smallest absolute Gasteiger partial charge is 0.222 e. The highest BCUT2D eigenvalue weighted by Gasteiger charge is 2.19. The van der Waals surface area contributed by atoms with Crippen LogP contribution >= 0.6 is 11.8 Å². The van der Waals surface area contributed by atoms with Gasteiger partial charge in [0.05, 0.1) is 6.04 Å². The van der Waals surface area contributed by atoms with E-state index in [1.165, 1.54) is 11.1 Å². The average molecular weight is 292 g/mol. The molecule has 1 aliphatic heterocycles. The van der Waals surface area contributed by atoms with Gasteiger partial charge in [-0.05, 0) is 18.9 Å². The maximum Gasteiger partial charge on any atom is 0.222 e. The van der Waals surface area contributed by atoms with Crippen molar-refractivity contribution in [3.63, 3.8) is 0 Å². The molecule has 0 aromatic heterocycles. The van der Waals surface area contributed by atoms with E-state index in [0.29, 0.717) is 12.5 Å². The summed E-state index contributed by atoms with van der Waals surface area (Å²) in [4.78, 5) is 12.2. The highest BCUT2D eigenvalue weighted by molar-refractivity contribution is 7.99. The summed E-state index contributed by atoms with van der Waals surface area (Å²) in [5.74, 6) is 2.34. The van der Waals surface area contributed by atoms with Crippen LogP contribution in [0.15, 0.2) is 24.3 Å². The van der Waals surface area contributed by atoms with E-state index in [1.54, 1.807) is 0 Å². The van der Waals surface area contributed by atoms with Crippen LogP contribution in [-0.4, -0.2) is 30.0 Å². The molecule has 2 unspecified atom stereocenters. The molecular formula is C16H24N2OS. The lowest BCUT2D eigenvalue weighted by Crippen LogP contribution is -2.41. The molecule has 1 aliphatic rings. The number of rotatable bonds is 5. The van der Waals surface area contributed by atoms with E-state index in [4.69, 9.17) is 0 Å². The summed E-state index contributed by atoms with van der Waals surface area (Å²) < 4.78 is 0. The third-order valence-corrected chi connectivity index (χ3v) is 4.78. The monoisotopic (exact) mass is 292 g/mol. The number of carbonyl (C=O) groups excluding carboxylic acids is 1. The van der Waals surface area contributed by atoms with Crippen molar-refractivity contribution in [2.45, 2.75) is 38.8 Å². The standard InChI is InChI=1S/C16H24N2OS/c1-3-15(13-6-4-12(2)5-7-13)18-16(19)10-14-11-20-9-8-17-14/h4-7,14-15,17H,3,8-11H2,1-2H3,(H,18,19). The van der Waals surface area contributed by atoms with Gasteiger partial charge in [0, 0.05) is 30.5 Å². The number of thioether (sulfide) groups is 1. The summed E-state index contributed by atoms with van der Waals surface area (Å²) in [7, 11) is 0. The highest BCUT2D eigenvalue weighted by atomic mass is 32.2. The molecule has 0 aliphatic carbocycles. The quantitative estimate of drug-likeness (QED) is 0.876. The molecule has 1 saturated heterocycles. The molecule has 1 aromatic carbocycles. The molecular weight excluding hydrogens is 268 g/mol. The molecule has 110 valence electrons. The Morgan fingerprint density at radius 3 is 2.80 bits per heavy atom. The van der Waals surface area contributed by atoms with Crippen molar-refractivity contribution in [1.29, 1.82) is 0 Å². The number of benzene rings is 1. The molecule has 1 aromatic rings. The Morgan fingerprint density at radius 2 is 2.20 bits per heavy atom. The van der Waals surface area contributed by atoms with Crippen molar-refractivity contribution in [2.24, 2.45) is 0 Å². The summed E-state index contributed by atoms with van der Waals surface area (Å²) in [6, 6.07) is 8.87. The maximum atomic E-state index is 12.2. The molecule has 0 spiro atoms. The Labute approximate surface area is 125 Å². The fourth-order valence-electron chi connectivity index (χ4n) is 2.45. The van der Waals surface area contributed by atoms with Gasteiger partial charge >= 0.3 is 0 Å². The SMILES string of the molecule is CCC(NC(=O)CC1CSCCN1)c1ccc(C)cc1. The van der Waals surface area contributed by atoms with Crippen LogP contribution in [0.25, 0.3) is 0 Å². The van der Waals surface area contributed by atoms with Gasteiger partial charge < -0.3 is 10.6 Å². The van der Waals surface area contributed by atoms with Gasteiger partial charge in [0.25, 0.3) is 0 Å². The van der Waals surface area contributed by atoms with E-state index in [-0.39, 0.29) is 11.9 Å². The van der Waals surface area contributed by atoms with Crippen LogP contribution in [0.3, 0.4) is 0 Å². The van der Waals surface area contributed by atoms with E-state index in [2.05, 4.69) is 48.7 Å². The van der Waals surface area contributed by atoms with Crippen molar-refractivity contribution in [3.8, 4) is 0 Å². The maximum absolute atomic E-state index is 12.2. The molecule has 0 radical (unpaired) electrons. The average Bonchev–Trinajstić information content (AvgIpc) is 2.47.